The molecule has 0 aromatic rings. The molecule has 0 bridgehead atoms. The van der Waals surface area contributed by atoms with Gasteiger partial charge in [0.2, 0.25) is 3.79 Å². The molecule has 0 unspecified atom stereocenters. The van der Waals surface area contributed by atoms with Crippen molar-refractivity contribution in [3.8, 4) is 0 Å². The van der Waals surface area contributed by atoms with E-state index in [0.29, 0.717) is 0 Å². The van der Waals surface area contributed by atoms with Crippen LogP contribution in [0, 0.1) is 0 Å². The van der Waals surface area contributed by atoms with Gasteiger partial charge in [0.15, 0.2) is 0 Å². The molecule has 0 rings (SSSR count). The molecule has 0 atom stereocenters. The molecule has 0 saturated heterocycles. The molecule has 0 aromatic heterocycles. The Morgan fingerprint density at radius 1 is 1.57 bits per heavy atom. The molecule has 0 aromatic carbocycles. The minimum Gasteiger partial charge on any atom is -0.100 e. The van der Waals surface area contributed by atoms with Crippen molar-refractivity contribution in [3.05, 3.63) is 11.8 Å². The van der Waals surface area contributed by atoms with Gasteiger partial charge in [-0.3, -0.25) is 0 Å². The summed E-state index contributed by atoms with van der Waals surface area (Å²) in [5, 5.41) is 0. The molecule has 0 heterocycles. The largest absolute Gasteiger partial charge is 0.230 e. The summed E-state index contributed by atoms with van der Waals surface area (Å²) in [6, 6.07) is 0. The van der Waals surface area contributed by atoms with E-state index < -0.39 is 0 Å². The Kier molecular flexibility index (Phi) is 6.68. The van der Waals surface area contributed by atoms with Gasteiger partial charge in [0.1, 0.15) is 0 Å². The van der Waals surface area contributed by atoms with Crippen LogP contribution >= 0.6 is 43.6 Å². The fourth-order valence-electron chi connectivity index (χ4n) is 0.207. The highest BCUT2D eigenvalue weighted by Crippen LogP contribution is 2.04. The fourth-order valence-corrected chi connectivity index (χ4v) is 2.15. The predicted octanol–water partition coefficient (Wildman–Crippen LogP) is 2.85. The van der Waals surface area contributed by atoms with E-state index in [4.69, 9.17) is 0 Å². The van der Waals surface area contributed by atoms with Crippen LogP contribution in [0.1, 0.15) is 13.3 Å². The number of hydrogen-bond donors (Lipinski definition) is 0. The lowest BCUT2D eigenvalue weighted by Gasteiger charge is -1.81. The van der Waals surface area contributed by atoms with Crippen molar-refractivity contribution in [1.82, 2.24) is 0 Å². The van der Waals surface area contributed by atoms with Gasteiger partial charge in [-0.15, -0.1) is 43.6 Å². The van der Waals surface area contributed by atoms with E-state index in [1.807, 2.05) is 0 Å². The number of rotatable bonds is 2. The van der Waals surface area contributed by atoms with Crippen molar-refractivity contribution >= 4 is 47.4 Å². The second-order valence-electron chi connectivity index (χ2n) is 1.10. The zero-order chi connectivity index (χ0) is 5.70. The third-order valence-corrected chi connectivity index (χ3v) is 3.12. The van der Waals surface area contributed by atoms with Gasteiger partial charge in [0, 0.05) is 0 Å². The third-order valence-electron chi connectivity index (χ3n) is 0.480. The fraction of sp³-hybridized carbons (Fsp3) is 0.500. The molecule has 1 radical (unpaired) electrons. The van der Waals surface area contributed by atoms with Crippen molar-refractivity contribution in [2.45, 2.75) is 13.3 Å². The van der Waals surface area contributed by atoms with Crippen LogP contribution < -0.4 is 0 Å². The second-order valence-corrected chi connectivity index (χ2v) is 15.2. The summed E-state index contributed by atoms with van der Waals surface area (Å²) in [7, 11) is 0. The van der Waals surface area contributed by atoms with Gasteiger partial charge in [0.25, 0.3) is 0 Å². The molecule has 7 heavy (non-hydrogen) atoms. The topological polar surface area (TPSA) is 0 Å². The smallest absolute Gasteiger partial charge is 0.100 e. The van der Waals surface area contributed by atoms with Crippen molar-refractivity contribution in [3.63, 3.8) is 0 Å². The summed E-state index contributed by atoms with van der Waals surface area (Å²) in [4.78, 5) is 0. The molecule has 0 nitrogen and oxygen atoms in total. The molecule has 0 fully saturated rings. The first-order valence-electron chi connectivity index (χ1n) is 2.12. The number of halogens is 2. The van der Waals surface area contributed by atoms with Crippen molar-refractivity contribution in [2.24, 2.45) is 0 Å². The zero-order valence-corrected chi connectivity index (χ0v) is 9.43. The summed E-state index contributed by atoms with van der Waals surface area (Å²) in [5.74, 6) is 0. The van der Waals surface area contributed by atoms with Crippen LogP contribution in [0.5, 0.6) is 0 Å². The summed E-state index contributed by atoms with van der Waals surface area (Å²) in [6.45, 7) is 2.16. The van der Waals surface area contributed by atoms with Gasteiger partial charge in [0.05, 0.1) is 0 Å². The monoisotopic (exact) mass is 337 g/mol. The van der Waals surface area contributed by atoms with Crippen molar-refractivity contribution in [1.29, 1.82) is 0 Å². The Labute approximate surface area is 71.8 Å². The lowest BCUT2D eigenvalue weighted by molar-refractivity contribution is 1.23. The molecule has 0 spiro atoms. The van der Waals surface area contributed by atoms with E-state index in [9.17, 15) is 0 Å². The minimum atomic E-state index is -0.138. The third kappa shape index (κ3) is 7.42. The normalized spacial score (nSPS) is 11.4. The Hall–Kier alpha value is 1.42. The molecule has 0 aliphatic rings. The van der Waals surface area contributed by atoms with Crippen LogP contribution in [0.25, 0.3) is 0 Å². The van der Waals surface area contributed by atoms with Crippen LogP contribution in [0.4, 0.5) is 0 Å². The molecular weight excluding hydrogens is 330 g/mol. The van der Waals surface area contributed by atoms with E-state index in [-0.39, 0.29) is 3.79 Å². The van der Waals surface area contributed by atoms with Crippen molar-refractivity contribution in [2.75, 3.05) is 0 Å². The Morgan fingerprint density at radius 3 is 2.29 bits per heavy atom. The zero-order valence-electron chi connectivity index (χ0n) is 4.12. The average molecular weight is 337 g/mol. The van der Waals surface area contributed by atoms with Gasteiger partial charge in [-0.2, -0.15) is 0 Å². The maximum atomic E-state index is 2.47. The molecule has 0 amide bonds. The minimum absolute atomic E-state index is 0.138. The number of hydrogen-bond acceptors (Lipinski definition) is 0. The lowest BCUT2D eigenvalue weighted by atomic mass is 10.5. The van der Waals surface area contributed by atoms with Crippen LogP contribution in [0.2, 0.25) is 0 Å². The quantitative estimate of drug-likeness (QED) is 0.413. The van der Waals surface area contributed by atoms with E-state index in [2.05, 4.69) is 62.3 Å². The van der Waals surface area contributed by atoms with Gasteiger partial charge in [-0.25, -0.2) is 0 Å². The maximum Gasteiger partial charge on any atom is 0.230 e. The van der Waals surface area contributed by atoms with Gasteiger partial charge >= 0.3 is 0 Å². The maximum absolute atomic E-state index is 2.47. The van der Waals surface area contributed by atoms with Crippen LogP contribution in [-0.4, -0.2) is 3.79 Å². The molecule has 0 N–H and O–H groups in total. The predicted molar refractivity (Wildman–Crippen MR) is 53.2 cm³/mol. The van der Waals surface area contributed by atoms with Gasteiger partial charge in [-0.05, 0) is 6.42 Å². The van der Waals surface area contributed by atoms with Crippen LogP contribution in [0.15, 0.2) is 11.8 Å². The highest BCUT2D eigenvalue weighted by Gasteiger charge is 1.88. The Morgan fingerprint density at radius 2 is 2.14 bits per heavy atom. The summed E-state index contributed by atoms with van der Waals surface area (Å²) >= 11 is 4.93. The first kappa shape index (κ1) is 8.42. The lowest BCUT2D eigenvalue weighted by Crippen LogP contribution is -1.78. The first-order chi connectivity index (χ1) is 3.27. The van der Waals surface area contributed by atoms with Crippen molar-refractivity contribution < 1.29 is 0 Å². The van der Waals surface area contributed by atoms with Gasteiger partial charge in [-0.1, -0.05) is 18.7 Å². The summed E-state index contributed by atoms with van der Waals surface area (Å²) in [6.07, 6.45) is 3.41. The SMILES string of the molecule is CCC=C[Si](I)I. The Balaban J connectivity index is 3.08. The standard InChI is InChI=1S/C4H7I2Si/c1-2-3-4-7(5)6/h3-4H,2H2,1H3. The van der Waals surface area contributed by atoms with E-state index in [1.54, 1.807) is 0 Å². The van der Waals surface area contributed by atoms with Gasteiger partial charge < -0.3 is 0 Å². The molecule has 0 saturated carbocycles. The van der Waals surface area contributed by atoms with Crippen LogP contribution in [0.3, 0.4) is 0 Å². The molecule has 41 valence electrons. The molecule has 0 aliphatic heterocycles. The highest BCUT2D eigenvalue weighted by molar-refractivity contribution is 14.3. The summed E-state index contributed by atoms with van der Waals surface area (Å²) in [5.41, 5.74) is 2.30. The van der Waals surface area contributed by atoms with E-state index in [0.717, 1.165) is 0 Å². The molecular formula is C4H7I2Si. The Bertz CT molecular complexity index is 60.7. The molecule has 0 aliphatic carbocycles. The first-order valence-corrected chi connectivity index (χ1v) is 9.92. The average Bonchev–Trinajstić information content (AvgIpc) is 1.61. The van der Waals surface area contributed by atoms with E-state index in [1.165, 1.54) is 6.42 Å². The van der Waals surface area contributed by atoms with E-state index >= 15 is 0 Å². The second kappa shape index (κ2) is 5.55. The molecule has 3 heteroatoms. The summed E-state index contributed by atoms with van der Waals surface area (Å²) < 4.78 is -0.138. The highest BCUT2D eigenvalue weighted by atomic mass is 127. The van der Waals surface area contributed by atoms with Crippen LogP contribution in [-0.2, 0) is 0 Å². The number of allylic oxidation sites excluding steroid dienone is 1.